The molecule has 0 aliphatic carbocycles. The zero-order chi connectivity index (χ0) is 14.9. The van der Waals surface area contributed by atoms with E-state index < -0.39 is 21.8 Å². The van der Waals surface area contributed by atoms with E-state index in [-0.39, 0.29) is 23.8 Å². The first-order valence-corrected chi connectivity index (χ1v) is 7.92. The van der Waals surface area contributed by atoms with E-state index in [4.69, 9.17) is 11.5 Å². The van der Waals surface area contributed by atoms with Crippen LogP contribution in [0.15, 0.2) is 11.1 Å². The molecule has 1 aliphatic rings. The van der Waals surface area contributed by atoms with Crippen molar-refractivity contribution in [1.82, 2.24) is 14.1 Å². The molecule has 1 atom stereocenters. The van der Waals surface area contributed by atoms with Gasteiger partial charge in [0.25, 0.3) is 0 Å². The second kappa shape index (κ2) is 5.41. The summed E-state index contributed by atoms with van der Waals surface area (Å²) in [6, 6.07) is 0. The molecule has 1 saturated heterocycles. The Morgan fingerprint density at radius 3 is 2.80 bits per heavy atom. The maximum absolute atomic E-state index is 12.5. The van der Waals surface area contributed by atoms with Crippen molar-refractivity contribution in [3.05, 3.63) is 6.20 Å². The molecule has 1 aromatic rings. The van der Waals surface area contributed by atoms with Crippen molar-refractivity contribution in [3.63, 3.8) is 0 Å². The van der Waals surface area contributed by atoms with Crippen LogP contribution in [0.2, 0.25) is 0 Å². The molecule has 8 nitrogen and oxygen atoms in total. The maximum Gasteiger partial charge on any atom is 0.248 e. The zero-order valence-electron chi connectivity index (χ0n) is 11.3. The first-order chi connectivity index (χ1) is 9.36. The molecule has 1 aromatic heterocycles. The number of nitrogen functional groups attached to an aromatic ring is 1. The van der Waals surface area contributed by atoms with Crippen LogP contribution in [0.1, 0.15) is 19.8 Å². The fourth-order valence-corrected chi connectivity index (χ4v) is 3.84. The highest BCUT2D eigenvalue weighted by Crippen LogP contribution is 2.26. The van der Waals surface area contributed by atoms with Gasteiger partial charge in [0.15, 0.2) is 5.82 Å². The van der Waals surface area contributed by atoms with E-state index in [2.05, 4.69) is 5.10 Å². The summed E-state index contributed by atoms with van der Waals surface area (Å²) in [5.41, 5.74) is 10.9. The SMILES string of the molecule is CCCn1cc(S(=O)(=O)N2CCC(C(N)=O)C2)c(N)n1. The average molecular weight is 301 g/mol. The van der Waals surface area contributed by atoms with E-state index in [0.717, 1.165) is 6.42 Å². The van der Waals surface area contributed by atoms with Gasteiger partial charge in [-0.2, -0.15) is 9.40 Å². The second-order valence-electron chi connectivity index (χ2n) is 4.89. The molecule has 1 fully saturated rings. The summed E-state index contributed by atoms with van der Waals surface area (Å²) < 4.78 is 27.7. The topological polar surface area (TPSA) is 124 Å². The molecule has 2 rings (SSSR count). The van der Waals surface area contributed by atoms with E-state index in [1.807, 2.05) is 6.92 Å². The maximum atomic E-state index is 12.5. The highest BCUT2D eigenvalue weighted by atomic mass is 32.2. The van der Waals surface area contributed by atoms with Crippen LogP contribution in [0.3, 0.4) is 0 Å². The lowest BCUT2D eigenvalue weighted by molar-refractivity contribution is -0.121. The minimum atomic E-state index is -3.72. The number of nitrogens with zero attached hydrogens (tertiary/aromatic N) is 3. The first kappa shape index (κ1) is 14.8. The number of sulfonamides is 1. The van der Waals surface area contributed by atoms with Crippen LogP contribution in [0.5, 0.6) is 0 Å². The molecule has 9 heteroatoms. The van der Waals surface area contributed by atoms with Crippen molar-refractivity contribution in [2.24, 2.45) is 11.7 Å². The Morgan fingerprint density at radius 1 is 1.55 bits per heavy atom. The van der Waals surface area contributed by atoms with Crippen LogP contribution in [0.25, 0.3) is 0 Å². The van der Waals surface area contributed by atoms with E-state index in [9.17, 15) is 13.2 Å². The molecule has 0 spiro atoms. The monoisotopic (exact) mass is 301 g/mol. The van der Waals surface area contributed by atoms with Gasteiger partial charge < -0.3 is 11.5 Å². The highest BCUT2D eigenvalue weighted by molar-refractivity contribution is 7.89. The van der Waals surface area contributed by atoms with E-state index >= 15 is 0 Å². The fraction of sp³-hybridized carbons (Fsp3) is 0.636. The number of carbonyl (C=O) groups is 1. The lowest BCUT2D eigenvalue weighted by Crippen LogP contribution is -2.32. The van der Waals surface area contributed by atoms with Gasteiger partial charge in [-0.1, -0.05) is 6.92 Å². The predicted molar refractivity (Wildman–Crippen MR) is 73.0 cm³/mol. The minimum Gasteiger partial charge on any atom is -0.381 e. The Morgan fingerprint density at radius 2 is 2.25 bits per heavy atom. The summed E-state index contributed by atoms with van der Waals surface area (Å²) in [7, 11) is -3.72. The number of aromatic nitrogens is 2. The van der Waals surface area contributed by atoms with E-state index in [1.54, 1.807) is 0 Å². The van der Waals surface area contributed by atoms with Crippen molar-refractivity contribution < 1.29 is 13.2 Å². The number of hydrogen-bond acceptors (Lipinski definition) is 5. The molecular formula is C11H19N5O3S. The molecule has 1 amide bonds. The van der Waals surface area contributed by atoms with Crippen LogP contribution in [-0.4, -0.2) is 41.5 Å². The van der Waals surface area contributed by atoms with Gasteiger partial charge >= 0.3 is 0 Å². The molecule has 0 bridgehead atoms. The second-order valence-corrected chi connectivity index (χ2v) is 6.80. The number of aryl methyl sites for hydroxylation is 1. The molecule has 2 heterocycles. The van der Waals surface area contributed by atoms with Crippen LogP contribution in [0, 0.1) is 5.92 Å². The highest BCUT2D eigenvalue weighted by Gasteiger charge is 2.36. The third-order valence-electron chi connectivity index (χ3n) is 3.38. The minimum absolute atomic E-state index is 0.00364. The van der Waals surface area contributed by atoms with Gasteiger partial charge in [0.2, 0.25) is 15.9 Å². The van der Waals surface area contributed by atoms with E-state index in [1.165, 1.54) is 15.2 Å². The predicted octanol–water partition coefficient (Wildman–Crippen LogP) is -0.629. The smallest absolute Gasteiger partial charge is 0.248 e. The van der Waals surface area contributed by atoms with Gasteiger partial charge in [-0.25, -0.2) is 8.42 Å². The molecule has 4 N–H and O–H groups in total. The lowest BCUT2D eigenvalue weighted by Gasteiger charge is -2.14. The molecule has 20 heavy (non-hydrogen) atoms. The summed E-state index contributed by atoms with van der Waals surface area (Å²) in [5.74, 6) is -0.921. The number of rotatable bonds is 5. The average Bonchev–Trinajstić information content (AvgIpc) is 2.96. The van der Waals surface area contributed by atoms with Crippen molar-refractivity contribution in [2.45, 2.75) is 31.2 Å². The molecular weight excluding hydrogens is 282 g/mol. The Bertz CT molecular complexity index is 610. The van der Waals surface area contributed by atoms with Gasteiger partial charge in [-0.3, -0.25) is 9.48 Å². The molecule has 112 valence electrons. The summed E-state index contributed by atoms with van der Waals surface area (Å²) in [4.78, 5) is 11.1. The Balaban J connectivity index is 2.25. The van der Waals surface area contributed by atoms with Crippen LogP contribution < -0.4 is 11.5 Å². The van der Waals surface area contributed by atoms with E-state index in [0.29, 0.717) is 13.0 Å². The number of anilines is 1. The fourth-order valence-electron chi connectivity index (χ4n) is 2.28. The number of nitrogens with two attached hydrogens (primary N) is 2. The molecule has 1 unspecified atom stereocenters. The third kappa shape index (κ3) is 2.63. The molecule has 1 aliphatic heterocycles. The molecule has 0 saturated carbocycles. The quantitative estimate of drug-likeness (QED) is 0.749. The number of carbonyl (C=O) groups excluding carboxylic acids is 1. The Hall–Kier alpha value is -1.61. The van der Waals surface area contributed by atoms with Gasteiger partial charge in [0.1, 0.15) is 4.90 Å². The Labute approximate surface area is 117 Å². The van der Waals surface area contributed by atoms with Gasteiger partial charge in [0.05, 0.1) is 5.92 Å². The summed E-state index contributed by atoms with van der Waals surface area (Å²) >= 11 is 0. The number of primary amides is 1. The van der Waals surface area contributed by atoms with Crippen LogP contribution in [-0.2, 0) is 21.4 Å². The van der Waals surface area contributed by atoms with Crippen LogP contribution in [0.4, 0.5) is 5.82 Å². The lowest BCUT2D eigenvalue weighted by atomic mass is 10.1. The van der Waals surface area contributed by atoms with Crippen molar-refractivity contribution in [3.8, 4) is 0 Å². The summed E-state index contributed by atoms with van der Waals surface area (Å²) in [5, 5.41) is 3.99. The molecule has 0 radical (unpaired) electrons. The van der Waals surface area contributed by atoms with Gasteiger partial charge in [-0.05, 0) is 12.8 Å². The van der Waals surface area contributed by atoms with Crippen molar-refractivity contribution >= 4 is 21.7 Å². The van der Waals surface area contributed by atoms with Gasteiger partial charge in [0, 0.05) is 25.8 Å². The van der Waals surface area contributed by atoms with Crippen molar-refractivity contribution in [2.75, 3.05) is 18.8 Å². The molecule has 0 aromatic carbocycles. The number of amides is 1. The van der Waals surface area contributed by atoms with Crippen LogP contribution >= 0.6 is 0 Å². The summed E-state index contributed by atoms with van der Waals surface area (Å²) in [6.07, 6.45) is 2.71. The Kier molecular flexibility index (Phi) is 4.00. The normalized spacial score (nSPS) is 20.4. The first-order valence-electron chi connectivity index (χ1n) is 6.48. The third-order valence-corrected chi connectivity index (χ3v) is 5.26. The van der Waals surface area contributed by atoms with Gasteiger partial charge in [-0.15, -0.1) is 0 Å². The zero-order valence-corrected chi connectivity index (χ0v) is 12.1. The van der Waals surface area contributed by atoms with Crippen molar-refractivity contribution in [1.29, 1.82) is 0 Å². The largest absolute Gasteiger partial charge is 0.381 e. The number of hydrogen-bond donors (Lipinski definition) is 2. The standard InChI is InChI=1S/C11H19N5O3S/c1-2-4-15-7-9(10(12)14-15)20(18,19)16-5-3-8(6-16)11(13)17/h7-8H,2-6H2,1H3,(H2,12,14)(H2,13,17). The summed E-state index contributed by atoms with van der Waals surface area (Å²) in [6.45, 7) is 2.94.